The molecule has 0 spiro atoms. The van der Waals surface area contributed by atoms with Crippen molar-refractivity contribution in [3.05, 3.63) is 0 Å². The van der Waals surface area contributed by atoms with Crippen molar-refractivity contribution in [1.82, 2.24) is 9.80 Å². The van der Waals surface area contributed by atoms with Crippen LogP contribution in [0.1, 0.15) is 32.6 Å². The molecule has 0 aromatic carbocycles. The fourth-order valence-corrected chi connectivity index (χ4v) is 3.74. The molecule has 1 aliphatic carbocycles. The summed E-state index contributed by atoms with van der Waals surface area (Å²) >= 11 is 3.59. The molecule has 102 valence electrons. The lowest BCUT2D eigenvalue weighted by Crippen LogP contribution is -2.56. The standard InChI is InChI=1S/C13H21BrN2O2/c1-2-15-7-12(18)16(8-11(15)17)10-13(9-14)5-3-4-6-13/h2-10H2,1H3. The molecule has 0 aromatic rings. The summed E-state index contributed by atoms with van der Waals surface area (Å²) in [7, 11) is 0. The van der Waals surface area contributed by atoms with Crippen LogP contribution in [0.15, 0.2) is 0 Å². The van der Waals surface area contributed by atoms with Crippen molar-refractivity contribution in [2.24, 2.45) is 5.41 Å². The largest absolute Gasteiger partial charge is 0.332 e. The fourth-order valence-electron chi connectivity index (χ4n) is 3.00. The predicted octanol–water partition coefficient (Wildman–Crippen LogP) is 1.63. The van der Waals surface area contributed by atoms with E-state index in [0.29, 0.717) is 6.54 Å². The first-order chi connectivity index (χ1) is 8.60. The van der Waals surface area contributed by atoms with Crippen LogP contribution >= 0.6 is 15.9 Å². The summed E-state index contributed by atoms with van der Waals surface area (Å²) in [5, 5.41) is 0.926. The van der Waals surface area contributed by atoms with Gasteiger partial charge in [-0.05, 0) is 25.2 Å². The Morgan fingerprint density at radius 1 is 1.11 bits per heavy atom. The quantitative estimate of drug-likeness (QED) is 0.740. The van der Waals surface area contributed by atoms with E-state index in [1.54, 1.807) is 9.80 Å². The molecule has 2 rings (SSSR count). The number of likely N-dealkylation sites (N-methyl/N-ethyl adjacent to an activating group) is 1. The molecule has 0 unspecified atom stereocenters. The van der Waals surface area contributed by atoms with E-state index in [9.17, 15) is 9.59 Å². The Kier molecular flexibility index (Phi) is 4.30. The Balaban J connectivity index is 2.01. The monoisotopic (exact) mass is 316 g/mol. The number of piperazine rings is 1. The highest BCUT2D eigenvalue weighted by Crippen LogP contribution is 2.40. The lowest BCUT2D eigenvalue weighted by Gasteiger charge is -2.38. The number of amides is 2. The lowest BCUT2D eigenvalue weighted by molar-refractivity contribution is -0.151. The lowest BCUT2D eigenvalue weighted by atomic mass is 9.88. The van der Waals surface area contributed by atoms with Crippen LogP contribution in [0.3, 0.4) is 0 Å². The molecule has 1 saturated carbocycles. The minimum Gasteiger partial charge on any atom is -0.332 e. The number of hydrogen-bond donors (Lipinski definition) is 0. The SMILES string of the molecule is CCN1CC(=O)N(CC2(CBr)CCCC2)CC1=O. The summed E-state index contributed by atoms with van der Waals surface area (Å²) in [5.74, 6) is 0.184. The van der Waals surface area contributed by atoms with Gasteiger partial charge in [0.2, 0.25) is 11.8 Å². The van der Waals surface area contributed by atoms with Crippen LogP contribution in [-0.2, 0) is 9.59 Å². The molecule has 18 heavy (non-hydrogen) atoms. The number of rotatable bonds is 4. The van der Waals surface area contributed by atoms with E-state index in [1.165, 1.54) is 12.8 Å². The molecule has 0 atom stereocenters. The number of hydrogen-bond acceptors (Lipinski definition) is 2. The predicted molar refractivity (Wildman–Crippen MR) is 73.5 cm³/mol. The summed E-state index contributed by atoms with van der Waals surface area (Å²) in [6, 6.07) is 0. The molecule has 0 N–H and O–H groups in total. The fraction of sp³-hybridized carbons (Fsp3) is 0.846. The van der Waals surface area contributed by atoms with Crippen LogP contribution in [0.4, 0.5) is 0 Å². The Morgan fingerprint density at radius 3 is 2.22 bits per heavy atom. The maximum Gasteiger partial charge on any atom is 0.242 e. The van der Waals surface area contributed by atoms with Crippen molar-refractivity contribution < 1.29 is 9.59 Å². The minimum atomic E-state index is 0.0832. The van der Waals surface area contributed by atoms with Crippen LogP contribution in [0.25, 0.3) is 0 Å². The Morgan fingerprint density at radius 2 is 1.67 bits per heavy atom. The molecular formula is C13H21BrN2O2. The second-order valence-corrected chi connectivity index (χ2v) is 6.06. The third-order valence-electron chi connectivity index (χ3n) is 4.21. The molecule has 2 amide bonds. The first kappa shape index (κ1) is 13.8. The van der Waals surface area contributed by atoms with E-state index in [-0.39, 0.29) is 30.3 Å². The maximum absolute atomic E-state index is 12.1. The van der Waals surface area contributed by atoms with Crippen LogP contribution in [0, 0.1) is 5.41 Å². The van der Waals surface area contributed by atoms with Gasteiger partial charge in [0.25, 0.3) is 0 Å². The van der Waals surface area contributed by atoms with Crippen molar-refractivity contribution in [1.29, 1.82) is 0 Å². The van der Waals surface area contributed by atoms with E-state index in [4.69, 9.17) is 0 Å². The normalized spacial score (nSPS) is 23.9. The number of halogens is 1. The van der Waals surface area contributed by atoms with Crippen molar-refractivity contribution in [2.75, 3.05) is 31.5 Å². The maximum atomic E-state index is 12.1. The van der Waals surface area contributed by atoms with Gasteiger partial charge >= 0.3 is 0 Å². The molecular weight excluding hydrogens is 296 g/mol. The van der Waals surface area contributed by atoms with Gasteiger partial charge in [0.05, 0.1) is 13.1 Å². The third kappa shape index (κ3) is 2.71. The topological polar surface area (TPSA) is 40.6 Å². The van der Waals surface area contributed by atoms with Crippen LogP contribution in [-0.4, -0.2) is 53.1 Å². The van der Waals surface area contributed by atoms with Crippen LogP contribution < -0.4 is 0 Å². The van der Waals surface area contributed by atoms with Crippen molar-refractivity contribution in [2.45, 2.75) is 32.6 Å². The van der Waals surface area contributed by atoms with Gasteiger partial charge in [0.1, 0.15) is 0 Å². The van der Waals surface area contributed by atoms with Gasteiger partial charge in [0, 0.05) is 18.4 Å². The summed E-state index contributed by atoms with van der Waals surface area (Å²) < 4.78 is 0. The first-order valence-electron chi connectivity index (χ1n) is 6.72. The van der Waals surface area contributed by atoms with Crippen LogP contribution in [0.5, 0.6) is 0 Å². The average molecular weight is 317 g/mol. The third-order valence-corrected chi connectivity index (χ3v) is 5.40. The van der Waals surface area contributed by atoms with E-state index in [2.05, 4.69) is 15.9 Å². The van der Waals surface area contributed by atoms with Gasteiger partial charge in [0.15, 0.2) is 0 Å². The Labute approximate surface area is 117 Å². The van der Waals surface area contributed by atoms with E-state index < -0.39 is 0 Å². The molecule has 1 saturated heterocycles. The molecule has 4 nitrogen and oxygen atoms in total. The van der Waals surface area contributed by atoms with Crippen molar-refractivity contribution >= 4 is 27.7 Å². The zero-order chi connectivity index (χ0) is 13.2. The first-order valence-corrected chi connectivity index (χ1v) is 7.84. The number of carbonyl (C=O) groups excluding carboxylic acids is 2. The molecule has 0 radical (unpaired) electrons. The van der Waals surface area contributed by atoms with E-state index in [0.717, 1.165) is 24.7 Å². The minimum absolute atomic E-state index is 0.0832. The highest BCUT2D eigenvalue weighted by atomic mass is 79.9. The Bertz CT molecular complexity index is 340. The molecule has 1 heterocycles. The molecule has 1 aliphatic heterocycles. The summed E-state index contributed by atoms with van der Waals surface area (Å²) in [4.78, 5) is 27.3. The Hall–Kier alpha value is -0.580. The molecule has 2 fully saturated rings. The second kappa shape index (κ2) is 5.59. The van der Waals surface area contributed by atoms with Crippen molar-refractivity contribution in [3.8, 4) is 0 Å². The number of nitrogens with zero attached hydrogens (tertiary/aromatic N) is 2. The van der Waals surface area contributed by atoms with Crippen molar-refractivity contribution in [3.63, 3.8) is 0 Å². The molecule has 0 bridgehead atoms. The van der Waals surface area contributed by atoms with Gasteiger partial charge in [-0.2, -0.15) is 0 Å². The second-order valence-electron chi connectivity index (χ2n) is 5.50. The summed E-state index contributed by atoms with van der Waals surface area (Å²) in [6.07, 6.45) is 4.80. The van der Waals surface area contributed by atoms with Gasteiger partial charge in [-0.3, -0.25) is 9.59 Å². The zero-order valence-corrected chi connectivity index (χ0v) is 12.5. The zero-order valence-electron chi connectivity index (χ0n) is 11.0. The molecule has 5 heteroatoms. The highest BCUT2D eigenvalue weighted by Gasteiger charge is 2.38. The smallest absolute Gasteiger partial charge is 0.242 e. The number of alkyl halides is 1. The number of carbonyl (C=O) groups is 2. The van der Waals surface area contributed by atoms with Gasteiger partial charge in [-0.25, -0.2) is 0 Å². The average Bonchev–Trinajstić information content (AvgIpc) is 2.82. The highest BCUT2D eigenvalue weighted by molar-refractivity contribution is 9.09. The van der Waals surface area contributed by atoms with Crippen LogP contribution in [0.2, 0.25) is 0 Å². The molecule has 2 aliphatic rings. The van der Waals surface area contributed by atoms with E-state index >= 15 is 0 Å². The van der Waals surface area contributed by atoms with Gasteiger partial charge in [-0.15, -0.1) is 0 Å². The summed E-state index contributed by atoms with van der Waals surface area (Å²) in [5.41, 5.74) is 0.199. The molecule has 0 aromatic heterocycles. The van der Waals surface area contributed by atoms with Gasteiger partial charge in [-0.1, -0.05) is 28.8 Å². The van der Waals surface area contributed by atoms with Gasteiger partial charge < -0.3 is 9.80 Å². The van der Waals surface area contributed by atoms with E-state index in [1.807, 2.05) is 6.92 Å². The summed E-state index contributed by atoms with van der Waals surface area (Å²) in [6.45, 7) is 3.80.